The minimum absolute atomic E-state index is 0.116. The van der Waals surface area contributed by atoms with Gasteiger partial charge in [0.1, 0.15) is 11.3 Å². The zero-order valence-corrected chi connectivity index (χ0v) is 16.2. The first-order chi connectivity index (χ1) is 13.7. The second kappa shape index (κ2) is 8.65. The Balaban J connectivity index is 1.76. The molecule has 1 atom stereocenters. The van der Waals surface area contributed by atoms with Gasteiger partial charge >= 0.3 is 6.18 Å². The van der Waals surface area contributed by atoms with Crippen LogP contribution < -0.4 is 5.32 Å². The smallest absolute Gasteiger partial charge is 0.377 e. The fourth-order valence-electron chi connectivity index (χ4n) is 3.65. The van der Waals surface area contributed by atoms with Crippen LogP contribution in [0.15, 0.2) is 30.5 Å². The van der Waals surface area contributed by atoms with Crippen molar-refractivity contribution >= 4 is 22.5 Å². The summed E-state index contributed by atoms with van der Waals surface area (Å²) in [6.07, 6.45) is -0.0586. The number of fused-ring (bicyclic) bond motifs is 1. The van der Waals surface area contributed by atoms with Crippen LogP contribution in [0.3, 0.4) is 0 Å². The van der Waals surface area contributed by atoms with E-state index in [-0.39, 0.29) is 23.9 Å². The van der Waals surface area contributed by atoms with E-state index in [1.807, 2.05) is 0 Å². The first kappa shape index (κ1) is 21.5. The van der Waals surface area contributed by atoms with Crippen LogP contribution in [0.1, 0.15) is 45.4 Å². The highest BCUT2D eigenvalue weighted by molar-refractivity contribution is 5.96. The number of carbonyl (C=O) groups is 1. The Hall–Kier alpha value is -2.22. The Kier molecular flexibility index (Phi) is 6.41. The van der Waals surface area contributed by atoms with Gasteiger partial charge in [-0.25, -0.2) is 4.39 Å². The number of ether oxygens (including phenoxy) is 1. The van der Waals surface area contributed by atoms with E-state index in [4.69, 9.17) is 4.74 Å². The minimum Gasteiger partial charge on any atom is -0.377 e. The molecule has 0 spiro atoms. The molecule has 1 aliphatic rings. The standard InChI is InChI=1S/C21H24F4N2O2/c1-20(12-21(23,24)25,13-29-16-7-3-2-4-8-16)19(28)27-15-10-14-6-5-9-17(22)18(14)26-11-15/h5-6,9-11,16H,2-4,7-8,12-13H2,1H3,(H,27,28). The van der Waals surface area contributed by atoms with E-state index in [0.29, 0.717) is 5.39 Å². The van der Waals surface area contributed by atoms with Crippen molar-refractivity contribution < 1.29 is 27.1 Å². The zero-order valence-electron chi connectivity index (χ0n) is 16.2. The zero-order chi connectivity index (χ0) is 21.1. The van der Waals surface area contributed by atoms with Crippen molar-refractivity contribution in [2.75, 3.05) is 11.9 Å². The Bertz CT molecular complexity index is 865. The number of anilines is 1. The van der Waals surface area contributed by atoms with Gasteiger partial charge < -0.3 is 10.1 Å². The van der Waals surface area contributed by atoms with E-state index < -0.39 is 29.7 Å². The van der Waals surface area contributed by atoms with Crippen LogP contribution in [-0.4, -0.2) is 29.8 Å². The number of amides is 1. The van der Waals surface area contributed by atoms with Crippen molar-refractivity contribution in [1.82, 2.24) is 4.98 Å². The number of rotatable bonds is 6. The Morgan fingerprint density at radius 3 is 2.66 bits per heavy atom. The highest BCUT2D eigenvalue weighted by Crippen LogP contribution is 2.36. The van der Waals surface area contributed by atoms with E-state index in [2.05, 4.69) is 10.3 Å². The number of carbonyl (C=O) groups excluding carboxylic acids is 1. The molecule has 1 aromatic heterocycles. The molecule has 1 aliphatic carbocycles. The number of nitrogens with zero attached hydrogens (tertiary/aromatic N) is 1. The second-order valence-corrected chi connectivity index (χ2v) is 7.91. The molecule has 4 nitrogen and oxygen atoms in total. The van der Waals surface area contributed by atoms with Gasteiger partial charge in [-0.3, -0.25) is 9.78 Å². The molecule has 1 N–H and O–H groups in total. The van der Waals surface area contributed by atoms with Gasteiger partial charge in [0.25, 0.3) is 0 Å². The number of aromatic nitrogens is 1. The van der Waals surface area contributed by atoms with Crippen LogP contribution >= 0.6 is 0 Å². The maximum Gasteiger partial charge on any atom is 0.390 e. The number of pyridine rings is 1. The van der Waals surface area contributed by atoms with Crippen molar-refractivity contribution in [3.63, 3.8) is 0 Å². The predicted octanol–water partition coefficient (Wildman–Crippen LogP) is 5.62. The number of nitrogens with one attached hydrogen (secondary N) is 1. The molecule has 2 aromatic rings. The monoisotopic (exact) mass is 412 g/mol. The molecule has 3 rings (SSSR count). The van der Waals surface area contributed by atoms with Gasteiger partial charge in [-0.2, -0.15) is 13.2 Å². The summed E-state index contributed by atoms with van der Waals surface area (Å²) < 4.78 is 59.0. The number of hydrogen-bond acceptors (Lipinski definition) is 3. The van der Waals surface area contributed by atoms with Gasteiger partial charge in [0.2, 0.25) is 5.91 Å². The Morgan fingerprint density at radius 2 is 1.97 bits per heavy atom. The lowest BCUT2D eigenvalue weighted by Crippen LogP contribution is -2.42. The molecule has 158 valence electrons. The molecular weight excluding hydrogens is 388 g/mol. The van der Waals surface area contributed by atoms with E-state index in [0.717, 1.165) is 32.1 Å². The Morgan fingerprint density at radius 1 is 1.24 bits per heavy atom. The first-order valence-corrected chi connectivity index (χ1v) is 9.70. The van der Waals surface area contributed by atoms with Crippen molar-refractivity contribution in [2.24, 2.45) is 5.41 Å². The molecule has 1 amide bonds. The summed E-state index contributed by atoms with van der Waals surface area (Å²) in [5, 5.41) is 2.94. The highest BCUT2D eigenvalue weighted by atomic mass is 19.4. The minimum atomic E-state index is -4.52. The summed E-state index contributed by atoms with van der Waals surface area (Å²) in [6, 6.07) is 5.86. The van der Waals surface area contributed by atoms with Gasteiger partial charge in [0, 0.05) is 5.39 Å². The normalized spacial score (nSPS) is 17.8. The van der Waals surface area contributed by atoms with Gasteiger partial charge in [0.05, 0.1) is 36.4 Å². The summed E-state index contributed by atoms with van der Waals surface area (Å²) in [7, 11) is 0. The van der Waals surface area contributed by atoms with Crippen molar-refractivity contribution in [3.05, 3.63) is 36.3 Å². The number of hydrogen-bond donors (Lipinski definition) is 1. The van der Waals surface area contributed by atoms with Crippen LogP contribution in [0.4, 0.5) is 23.2 Å². The molecule has 0 aliphatic heterocycles. The number of halogens is 4. The van der Waals surface area contributed by atoms with Crippen LogP contribution in [0, 0.1) is 11.2 Å². The lowest BCUT2D eigenvalue weighted by Gasteiger charge is -2.32. The summed E-state index contributed by atoms with van der Waals surface area (Å²) in [5.41, 5.74) is -1.45. The summed E-state index contributed by atoms with van der Waals surface area (Å²) in [5.74, 6) is -1.31. The first-order valence-electron chi connectivity index (χ1n) is 9.70. The highest BCUT2D eigenvalue weighted by Gasteiger charge is 2.45. The van der Waals surface area contributed by atoms with Gasteiger partial charge in [-0.1, -0.05) is 31.4 Å². The van der Waals surface area contributed by atoms with Gasteiger partial charge in [-0.05, 0) is 31.9 Å². The van der Waals surface area contributed by atoms with Crippen molar-refractivity contribution in [3.8, 4) is 0 Å². The topological polar surface area (TPSA) is 51.2 Å². The van der Waals surface area contributed by atoms with Crippen molar-refractivity contribution in [1.29, 1.82) is 0 Å². The van der Waals surface area contributed by atoms with Crippen LogP contribution in [-0.2, 0) is 9.53 Å². The summed E-state index contributed by atoms with van der Waals surface area (Å²) in [4.78, 5) is 16.8. The fourth-order valence-corrected chi connectivity index (χ4v) is 3.65. The molecule has 1 fully saturated rings. The molecule has 0 radical (unpaired) electrons. The average Bonchev–Trinajstić information content (AvgIpc) is 2.66. The number of alkyl halides is 3. The third-order valence-corrected chi connectivity index (χ3v) is 5.25. The lowest BCUT2D eigenvalue weighted by atomic mass is 9.85. The van der Waals surface area contributed by atoms with E-state index >= 15 is 0 Å². The summed E-state index contributed by atoms with van der Waals surface area (Å²) in [6.45, 7) is 0.936. The lowest BCUT2D eigenvalue weighted by molar-refractivity contribution is -0.173. The molecule has 1 unspecified atom stereocenters. The molecule has 1 heterocycles. The molecule has 29 heavy (non-hydrogen) atoms. The predicted molar refractivity (Wildman–Crippen MR) is 102 cm³/mol. The van der Waals surface area contributed by atoms with E-state index in [1.165, 1.54) is 31.3 Å². The molecule has 1 saturated carbocycles. The Labute approximate surface area is 166 Å². The van der Waals surface area contributed by atoms with Gasteiger partial charge in [0.15, 0.2) is 0 Å². The van der Waals surface area contributed by atoms with E-state index in [1.54, 1.807) is 6.07 Å². The maximum absolute atomic E-state index is 13.7. The average molecular weight is 412 g/mol. The largest absolute Gasteiger partial charge is 0.390 e. The quantitative estimate of drug-likeness (QED) is 0.627. The van der Waals surface area contributed by atoms with Gasteiger partial charge in [-0.15, -0.1) is 0 Å². The molecule has 0 saturated heterocycles. The van der Waals surface area contributed by atoms with E-state index in [9.17, 15) is 22.4 Å². The van der Waals surface area contributed by atoms with Crippen LogP contribution in [0.2, 0.25) is 0 Å². The third-order valence-electron chi connectivity index (χ3n) is 5.25. The second-order valence-electron chi connectivity index (χ2n) is 7.91. The molecule has 1 aromatic carbocycles. The van der Waals surface area contributed by atoms with Crippen LogP contribution in [0.5, 0.6) is 0 Å². The maximum atomic E-state index is 13.7. The SMILES string of the molecule is CC(COC1CCCCC1)(CC(F)(F)F)C(=O)Nc1cnc2c(F)cccc2c1. The number of benzene rings is 1. The molecule has 8 heteroatoms. The molecular formula is C21H24F4N2O2. The number of para-hydroxylation sites is 1. The van der Waals surface area contributed by atoms with Crippen LogP contribution in [0.25, 0.3) is 10.9 Å². The molecule has 0 bridgehead atoms. The summed E-state index contributed by atoms with van der Waals surface area (Å²) >= 11 is 0. The third kappa shape index (κ3) is 5.65. The van der Waals surface area contributed by atoms with Crippen molar-refractivity contribution in [2.45, 2.75) is 57.7 Å². The fraction of sp³-hybridized carbons (Fsp3) is 0.524.